The number of hydrogen-bond acceptors (Lipinski definition) is 4. The monoisotopic (exact) mass is 464 g/mol. The number of carboxylic acids is 2. The van der Waals surface area contributed by atoms with Gasteiger partial charge in [-0.3, -0.25) is 9.59 Å². The summed E-state index contributed by atoms with van der Waals surface area (Å²) in [5, 5.41) is 22.2. The van der Waals surface area contributed by atoms with E-state index in [0.717, 1.165) is 22.9 Å². The molecule has 0 bridgehead atoms. The quantitative estimate of drug-likeness (QED) is 0.223. The minimum atomic E-state index is -1.24. The zero-order chi connectivity index (χ0) is 24.5. The van der Waals surface area contributed by atoms with Crippen molar-refractivity contribution in [2.75, 3.05) is 6.54 Å². The SMILES string of the molecule is NCCc1c[nH]c2ccccc12.O=C(O)CCC(NC(=O)Cc1c[nH]c2ccccc12)C(=O)O. The van der Waals surface area contributed by atoms with Crippen LogP contribution in [0.2, 0.25) is 0 Å². The van der Waals surface area contributed by atoms with Crippen LogP contribution in [0.3, 0.4) is 0 Å². The van der Waals surface area contributed by atoms with E-state index in [1.165, 1.54) is 16.5 Å². The summed E-state index contributed by atoms with van der Waals surface area (Å²) in [6, 6.07) is 14.6. The molecule has 1 unspecified atom stereocenters. The van der Waals surface area contributed by atoms with Gasteiger partial charge < -0.3 is 31.2 Å². The van der Waals surface area contributed by atoms with Gasteiger partial charge in [-0.25, -0.2) is 4.79 Å². The fourth-order valence-corrected chi connectivity index (χ4v) is 3.72. The molecule has 0 aliphatic rings. The Morgan fingerprint density at radius 1 is 0.882 bits per heavy atom. The molecule has 9 heteroatoms. The molecule has 0 saturated carbocycles. The number of nitrogens with one attached hydrogen (secondary N) is 3. The minimum absolute atomic E-state index is 0.0286. The lowest BCUT2D eigenvalue weighted by molar-refractivity contribution is -0.143. The predicted octanol–water partition coefficient (Wildman–Crippen LogP) is 2.81. The number of aromatic nitrogens is 2. The molecule has 0 radical (unpaired) electrons. The number of aromatic amines is 2. The van der Waals surface area contributed by atoms with Gasteiger partial charge in [0.05, 0.1) is 6.42 Å². The number of rotatable bonds is 9. The Balaban J connectivity index is 0.000000226. The van der Waals surface area contributed by atoms with E-state index in [-0.39, 0.29) is 19.3 Å². The summed E-state index contributed by atoms with van der Waals surface area (Å²) in [6.07, 6.45) is 4.26. The first-order chi connectivity index (χ1) is 16.4. The van der Waals surface area contributed by atoms with Crippen LogP contribution in [0, 0.1) is 0 Å². The number of para-hydroxylation sites is 2. The summed E-state index contributed by atoms with van der Waals surface area (Å²) in [5.41, 5.74) is 9.66. The molecule has 2 aromatic heterocycles. The van der Waals surface area contributed by atoms with E-state index in [1.54, 1.807) is 6.20 Å². The van der Waals surface area contributed by atoms with Gasteiger partial charge in [0.15, 0.2) is 0 Å². The Labute approximate surface area is 196 Å². The van der Waals surface area contributed by atoms with Crippen molar-refractivity contribution in [2.45, 2.75) is 31.7 Å². The number of nitrogens with two attached hydrogens (primary N) is 1. The van der Waals surface area contributed by atoms with Gasteiger partial charge in [-0.2, -0.15) is 0 Å². The molecular formula is C25H28N4O5. The summed E-state index contributed by atoms with van der Waals surface area (Å²) in [4.78, 5) is 39.8. The number of carbonyl (C=O) groups is 3. The normalized spacial score (nSPS) is 11.6. The van der Waals surface area contributed by atoms with Gasteiger partial charge in [-0.15, -0.1) is 0 Å². The second-order valence-corrected chi connectivity index (χ2v) is 7.83. The van der Waals surface area contributed by atoms with Gasteiger partial charge in [0.2, 0.25) is 5.91 Å². The lowest BCUT2D eigenvalue weighted by Gasteiger charge is -2.13. The molecule has 0 fully saturated rings. The van der Waals surface area contributed by atoms with Crippen LogP contribution < -0.4 is 11.1 Å². The molecule has 9 nitrogen and oxygen atoms in total. The highest BCUT2D eigenvalue weighted by Crippen LogP contribution is 2.18. The van der Waals surface area contributed by atoms with Crippen molar-refractivity contribution >= 4 is 39.7 Å². The van der Waals surface area contributed by atoms with E-state index >= 15 is 0 Å². The van der Waals surface area contributed by atoms with E-state index < -0.39 is 23.9 Å². The largest absolute Gasteiger partial charge is 0.481 e. The first-order valence-electron chi connectivity index (χ1n) is 10.9. The molecule has 0 saturated heterocycles. The van der Waals surface area contributed by atoms with Gasteiger partial charge in [-0.1, -0.05) is 36.4 Å². The molecule has 178 valence electrons. The van der Waals surface area contributed by atoms with Crippen molar-refractivity contribution in [1.82, 2.24) is 15.3 Å². The highest BCUT2D eigenvalue weighted by molar-refractivity contribution is 5.90. The Morgan fingerprint density at radius 3 is 2.00 bits per heavy atom. The summed E-state index contributed by atoms with van der Waals surface area (Å²) in [6.45, 7) is 0.710. The molecule has 2 aromatic carbocycles. The maximum Gasteiger partial charge on any atom is 0.326 e. The highest BCUT2D eigenvalue weighted by Gasteiger charge is 2.21. The van der Waals surface area contributed by atoms with Crippen LogP contribution in [-0.2, 0) is 27.2 Å². The molecule has 1 amide bonds. The Morgan fingerprint density at radius 2 is 1.44 bits per heavy atom. The zero-order valence-electron chi connectivity index (χ0n) is 18.6. The molecule has 0 aliphatic heterocycles. The number of carboxylic acid groups (broad SMARTS) is 2. The maximum absolute atomic E-state index is 12.0. The molecule has 1 atom stereocenters. The Bertz CT molecular complexity index is 1280. The van der Waals surface area contributed by atoms with Crippen molar-refractivity contribution in [1.29, 1.82) is 0 Å². The molecule has 0 spiro atoms. The first-order valence-corrected chi connectivity index (χ1v) is 10.9. The fraction of sp³-hybridized carbons (Fsp3) is 0.240. The van der Waals surface area contributed by atoms with Gasteiger partial charge in [0.1, 0.15) is 6.04 Å². The second kappa shape index (κ2) is 11.7. The number of H-pyrrole nitrogens is 2. The predicted molar refractivity (Wildman–Crippen MR) is 129 cm³/mol. The van der Waals surface area contributed by atoms with Gasteiger partial charge in [-0.05, 0) is 42.6 Å². The van der Waals surface area contributed by atoms with Crippen LogP contribution in [0.25, 0.3) is 21.8 Å². The lowest BCUT2D eigenvalue weighted by Crippen LogP contribution is -2.41. The standard InChI is InChI=1S/C15H16N2O5.C10H12N2/c18-13(17-12(15(21)22)5-6-14(19)20)7-9-8-16-11-4-2-1-3-10(9)11;11-6-5-8-7-12-10-4-2-1-3-9(8)10/h1-4,8,12,16H,5-7H2,(H,17,18)(H,19,20)(H,21,22);1-4,7,12H,5-6,11H2. The third kappa shape index (κ3) is 6.46. The average molecular weight is 465 g/mol. The van der Waals surface area contributed by atoms with Crippen LogP contribution in [0.5, 0.6) is 0 Å². The molecule has 0 aliphatic carbocycles. The lowest BCUT2D eigenvalue weighted by atomic mass is 10.1. The van der Waals surface area contributed by atoms with Crippen LogP contribution in [0.15, 0.2) is 60.9 Å². The van der Waals surface area contributed by atoms with Crippen LogP contribution in [0.1, 0.15) is 24.0 Å². The topological polar surface area (TPSA) is 161 Å². The van der Waals surface area contributed by atoms with Gasteiger partial charge >= 0.3 is 11.9 Å². The van der Waals surface area contributed by atoms with Crippen molar-refractivity contribution in [3.05, 3.63) is 72.1 Å². The number of amides is 1. The van der Waals surface area contributed by atoms with Gasteiger partial charge in [0, 0.05) is 40.6 Å². The summed E-state index contributed by atoms with van der Waals surface area (Å²) in [5.74, 6) is -2.80. The summed E-state index contributed by atoms with van der Waals surface area (Å²) in [7, 11) is 0. The summed E-state index contributed by atoms with van der Waals surface area (Å²) < 4.78 is 0. The Hall–Kier alpha value is -4.11. The maximum atomic E-state index is 12.0. The number of benzene rings is 2. The number of hydrogen-bond donors (Lipinski definition) is 6. The van der Waals surface area contributed by atoms with E-state index in [1.807, 2.05) is 36.5 Å². The van der Waals surface area contributed by atoms with E-state index in [0.29, 0.717) is 6.54 Å². The average Bonchev–Trinajstić information content (AvgIpc) is 3.42. The fourth-order valence-electron chi connectivity index (χ4n) is 3.72. The minimum Gasteiger partial charge on any atom is -0.481 e. The Kier molecular flexibility index (Phi) is 8.42. The summed E-state index contributed by atoms with van der Waals surface area (Å²) >= 11 is 0. The van der Waals surface area contributed by atoms with E-state index in [4.69, 9.17) is 15.9 Å². The smallest absolute Gasteiger partial charge is 0.326 e. The van der Waals surface area contributed by atoms with Crippen molar-refractivity contribution < 1.29 is 24.6 Å². The highest BCUT2D eigenvalue weighted by atomic mass is 16.4. The molecule has 4 aromatic rings. The van der Waals surface area contributed by atoms with Crippen LogP contribution in [0.4, 0.5) is 0 Å². The van der Waals surface area contributed by atoms with Crippen LogP contribution >= 0.6 is 0 Å². The third-order valence-corrected chi connectivity index (χ3v) is 5.39. The number of fused-ring (bicyclic) bond motifs is 2. The van der Waals surface area contributed by atoms with Crippen molar-refractivity contribution in [3.8, 4) is 0 Å². The van der Waals surface area contributed by atoms with Crippen molar-refractivity contribution in [3.63, 3.8) is 0 Å². The number of carbonyl (C=O) groups excluding carboxylic acids is 1. The first kappa shape index (κ1) is 24.5. The van der Waals surface area contributed by atoms with Gasteiger partial charge in [0.25, 0.3) is 0 Å². The second-order valence-electron chi connectivity index (χ2n) is 7.83. The molecule has 7 N–H and O–H groups in total. The molecule has 34 heavy (non-hydrogen) atoms. The van der Waals surface area contributed by atoms with Crippen molar-refractivity contribution in [2.24, 2.45) is 5.73 Å². The number of aliphatic carboxylic acids is 2. The third-order valence-electron chi connectivity index (χ3n) is 5.39. The molecule has 2 heterocycles. The zero-order valence-corrected chi connectivity index (χ0v) is 18.6. The van der Waals surface area contributed by atoms with E-state index in [9.17, 15) is 14.4 Å². The molecular weight excluding hydrogens is 436 g/mol. The van der Waals surface area contributed by atoms with Crippen LogP contribution in [-0.4, -0.2) is 50.6 Å². The van der Waals surface area contributed by atoms with E-state index in [2.05, 4.69) is 33.5 Å². The molecule has 4 rings (SSSR count).